The molecule has 10 nitrogen and oxygen atoms in total. The minimum Gasteiger partial charge on any atom is -0.486 e. The van der Waals surface area contributed by atoms with Crippen LogP contribution in [0.15, 0.2) is 60.7 Å². The second kappa shape index (κ2) is 12.3. The molecule has 0 aromatic heterocycles. The van der Waals surface area contributed by atoms with Crippen LogP contribution in [0.2, 0.25) is 0 Å². The lowest BCUT2D eigenvalue weighted by Gasteiger charge is -2.24. The maximum atomic E-state index is 9.19. The highest BCUT2D eigenvalue weighted by Crippen LogP contribution is 2.23. The minimum absolute atomic E-state index is 0.0786. The van der Waals surface area contributed by atoms with Crippen LogP contribution < -0.4 is 20.9 Å². The Labute approximate surface area is 188 Å². The van der Waals surface area contributed by atoms with Gasteiger partial charge in [0.2, 0.25) is 0 Å². The van der Waals surface area contributed by atoms with Gasteiger partial charge < -0.3 is 20.9 Å². The van der Waals surface area contributed by atoms with Gasteiger partial charge in [0, 0.05) is 11.4 Å². The fourth-order valence-corrected chi connectivity index (χ4v) is 2.41. The van der Waals surface area contributed by atoms with E-state index < -0.39 is 20.2 Å². The molecular formula is C20H28N2O8S2. The Morgan fingerprint density at radius 1 is 0.688 bits per heavy atom. The average molecular weight is 489 g/mol. The summed E-state index contributed by atoms with van der Waals surface area (Å²) in [5.74, 6) is 1.67. The van der Waals surface area contributed by atoms with E-state index in [1.807, 2.05) is 48.5 Å². The average Bonchev–Trinajstić information content (AvgIpc) is 2.64. The predicted octanol–water partition coefficient (Wildman–Crippen LogP) is 2.40. The number of ether oxygens (including phenoxy) is 2. The Bertz CT molecular complexity index is 964. The van der Waals surface area contributed by atoms with Crippen molar-refractivity contribution in [2.45, 2.75) is 25.0 Å². The molecule has 32 heavy (non-hydrogen) atoms. The molecule has 0 saturated carbocycles. The van der Waals surface area contributed by atoms with E-state index in [2.05, 4.69) is 12.2 Å². The number of nitrogens with two attached hydrogens (primary N) is 2. The molecule has 0 aliphatic heterocycles. The third kappa shape index (κ3) is 15.1. The summed E-state index contributed by atoms with van der Waals surface area (Å²) in [6, 6.07) is 14.9. The largest absolute Gasteiger partial charge is 0.486 e. The number of nitrogen functional groups attached to an aromatic ring is 2. The van der Waals surface area contributed by atoms with Gasteiger partial charge in [0.1, 0.15) is 23.7 Å². The Morgan fingerprint density at radius 2 is 0.938 bits per heavy atom. The molecule has 1 aliphatic carbocycles. The first kappa shape index (κ1) is 27.2. The first-order valence-electron chi connectivity index (χ1n) is 9.26. The van der Waals surface area contributed by atoms with Crippen LogP contribution in [0.5, 0.6) is 11.5 Å². The van der Waals surface area contributed by atoms with Crippen molar-refractivity contribution >= 4 is 31.6 Å². The molecule has 3 rings (SSSR count). The van der Waals surface area contributed by atoms with E-state index in [1.165, 1.54) is 0 Å². The predicted molar refractivity (Wildman–Crippen MR) is 124 cm³/mol. The molecule has 0 fully saturated rings. The van der Waals surface area contributed by atoms with E-state index in [1.54, 1.807) is 0 Å². The Balaban J connectivity index is 0.000000431. The van der Waals surface area contributed by atoms with Crippen molar-refractivity contribution in [2.24, 2.45) is 0 Å². The smallest absolute Gasteiger partial charge is 0.261 e. The Hall–Kier alpha value is -2.80. The summed E-state index contributed by atoms with van der Waals surface area (Å²) in [6.07, 6.45) is 7.54. The van der Waals surface area contributed by atoms with Crippen LogP contribution in [0, 0.1) is 0 Å². The summed E-state index contributed by atoms with van der Waals surface area (Å²) in [5, 5.41) is 0. The van der Waals surface area contributed by atoms with Gasteiger partial charge >= 0.3 is 0 Å². The lowest BCUT2D eigenvalue weighted by molar-refractivity contribution is 0.173. The molecule has 2 aromatic carbocycles. The summed E-state index contributed by atoms with van der Waals surface area (Å²) in [6.45, 7) is 0. The second-order valence-corrected chi connectivity index (χ2v) is 9.81. The highest BCUT2D eigenvalue weighted by Gasteiger charge is 2.18. The van der Waals surface area contributed by atoms with Gasteiger partial charge in [0.25, 0.3) is 20.2 Å². The number of hydrogen-bond donors (Lipinski definition) is 4. The first-order valence-corrected chi connectivity index (χ1v) is 13.0. The zero-order valence-corrected chi connectivity index (χ0v) is 19.3. The molecule has 2 unspecified atom stereocenters. The molecule has 6 N–H and O–H groups in total. The summed E-state index contributed by atoms with van der Waals surface area (Å²) < 4.78 is 63.6. The Kier molecular flexibility index (Phi) is 10.5. The number of rotatable bonds is 4. The van der Waals surface area contributed by atoms with Gasteiger partial charge in [0.15, 0.2) is 0 Å². The third-order valence-electron chi connectivity index (χ3n) is 3.61. The summed E-state index contributed by atoms with van der Waals surface area (Å²) >= 11 is 0. The molecule has 2 atom stereocenters. The quantitative estimate of drug-likeness (QED) is 0.283. The molecule has 0 saturated heterocycles. The van der Waals surface area contributed by atoms with Crippen LogP contribution in [0.4, 0.5) is 11.4 Å². The van der Waals surface area contributed by atoms with Crippen LogP contribution in [0.1, 0.15) is 12.8 Å². The third-order valence-corrected chi connectivity index (χ3v) is 3.61. The second-order valence-electron chi connectivity index (χ2n) is 6.88. The maximum absolute atomic E-state index is 9.19. The molecule has 0 bridgehead atoms. The van der Waals surface area contributed by atoms with E-state index in [0.717, 1.165) is 35.7 Å². The highest BCUT2D eigenvalue weighted by atomic mass is 32.2. The van der Waals surface area contributed by atoms with Gasteiger partial charge in [0.05, 0.1) is 12.5 Å². The standard InChI is InChI=1S/C18H20N2O2.2CH4O3S/c19-13-1-5-15(6-2-13)21-17-9-11-18(12-10-17)22-16-7-3-14(20)4-8-16;2*1-5(2,3)4/h1-9,11,17-18H,10,12,19-20H2;2*1H3,(H,2,3,4). The van der Waals surface area contributed by atoms with Crippen molar-refractivity contribution in [3.05, 3.63) is 60.7 Å². The van der Waals surface area contributed by atoms with Gasteiger partial charge in [-0.25, -0.2) is 0 Å². The Morgan fingerprint density at radius 3 is 1.16 bits per heavy atom. The molecule has 0 radical (unpaired) electrons. The normalized spacial score (nSPS) is 17.8. The van der Waals surface area contributed by atoms with Gasteiger partial charge in [-0.1, -0.05) is 0 Å². The van der Waals surface area contributed by atoms with E-state index in [0.29, 0.717) is 12.5 Å². The van der Waals surface area contributed by atoms with E-state index in [9.17, 15) is 16.8 Å². The molecule has 0 amide bonds. The summed E-state index contributed by atoms with van der Waals surface area (Å²) in [7, 11) is -7.33. The van der Waals surface area contributed by atoms with E-state index in [-0.39, 0.29) is 12.2 Å². The fourth-order valence-electron chi connectivity index (χ4n) is 2.41. The van der Waals surface area contributed by atoms with Crippen molar-refractivity contribution in [3.63, 3.8) is 0 Å². The SMILES string of the molecule is CS(=O)(=O)O.CS(=O)(=O)O.Nc1ccc(OC2C=CC(Oc3ccc(N)cc3)CC2)cc1. The summed E-state index contributed by atoms with van der Waals surface area (Å²) in [4.78, 5) is 0. The van der Waals surface area contributed by atoms with Crippen LogP contribution in [0.3, 0.4) is 0 Å². The molecule has 2 aromatic rings. The molecule has 12 heteroatoms. The first-order chi connectivity index (χ1) is 14.7. The molecule has 0 heterocycles. The van der Waals surface area contributed by atoms with Crippen molar-refractivity contribution in [1.82, 2.24) is 0 Å². The van der Waals surface area contributed by atoms with Crippen LogP contribution >= 0.6 is 0 Å². The van der Waals surface area contributed by atoms with E-state index in [4.69, 9.17) is 30.0 Å². The minimum atomic E-state index is -3.67. The molecule has 178 valence electrons. The van der Waals surface area contributed by atoms with E-state index >= 15 is 0 Å². The summed E-state index contributed by atoms with van der Waals surface area (Å²) in [5.41, 5.74) is 12.8. The zero-order chi connectivity index (χ0) is 24.4. The van der Waals surface area contributed by atoms with Crippen molar-refractivity contribution in [3.8, 4) is 11.5 Å². The lowest BCUT2D eigenvalue weighted by atomic mass is 10.0. The maximum Gasteiger partial charge on any atom is 0.261 e. The van der Waals surface area contributed by atoms with Crippen molar-refractivity contribution in [2.75, 3.05) is 24.0 Å². The van der Waals surface area contributed by atoms with Crippen LogP contribution in [-0.2, 0) is 20.2 Å². The molecular weight excluding hydrogens is 460 g/mol. The lowest BCUT2D eigenvalue weighted by Crippen LogP contribution is -2.25. The highest BCUT2D eigenvalue weighted by molar-refractivity contribution is 7.85. The van der Waals surface area contributed by atoms with Gasteiger partial charge in [-0.15, -0.1) is 0 Å². The topological polar surface area (TPSA) is 179 Å². The molecule has 0 spiro atoms. The monoisotopic (exact) mass is 488 g/mol. The van der Waals surface area contributed by atoms with Crippen molar-refractivity contribution < 1.29 is 35.4 Å². The van der Waals surface area contributed by atoms with Crippen LogP contribution in [-0.4, -0.2) is 50.7 Å². The van der Waals surface area contributed by atoms with Crippen molar-refractivity contribution in [1.29, 1.82) is 0 Å². The number of anilines is 2. The van der Waals surface area contributed by atoms with Crippen LogP contribution in [0.25, 0.3) is 0 Å². The van der Waals surface area contributed by atoms with Gasteiger partial charge in [-0.05, 0) is 73.5 Å². The number of benzene rings is 2. The van der Waals surface area contributed by atoms with Gasteiger partial charge in [-0.2, -0.15) is 16.8 Å². The van der Waals surface area contributed by atoms with Gasteiger partial charge in [-0.3, -0.25) is 9.11 Å². The zero-order valence-electron chi connectivity index (χ0n) is 17.7. The number of hydrogen-bond acceptors (Lipinski definition) is 8. The molecule has 1 aliphatic rings. The fraction of sp³-hybridized carbons (Fsp3) is 0.300.